The largest absolute Gasteiger partial charge is 0.466 e. The number of Topliss-reactive ketones (excluding diaryl/α,β-unsaturated/α-hetero) is 1. The number of carbonyl (C=O) groups is 2. The molecule has 1 aromatic rings. The lowest BCUT2D eigenvalue weighted by molar-refractivity contribution is -0.659. The molecule has 0 unspecified atom stereocenters. The molecule has 1 heterocycles. The van der Waals surface area contributed by atoms with Crippen LogP contribution in [0.2, 0.25) is 0 Å². The first-order chi connectivity index (χ1) is 7.54. The van der Waals surface area contributed by atoms with E-state index < -0.39 is 5.97 Å². The average Bonchev–Trinajstić information content (AvgIpc) is 2.50. The molecule has 0 saturated heterocycles. The van der Waals surface area contributed by atoms with E-state index in [1.807, 2.05) is 5.38 Å². The van der Waals surface area contributed by atoms with Crippen molar-refractivity contribution >= 4 is 28.2 Å². The van der Waals surface area contributed by atoms with Crippen LogP contribution < -0.4 is 10.3 Å². The molecule has 0 amide bonds. The molecule has 88 valence electrons. The predicted octanol–water partition coefficient (Wildman–Crippen LogP) is 0.220. The number of ether oxygens (including phenoxy) is 1. The van der Waals surface area contributed by atoms with Crippen LogP contribution in [-0.2, 0) is 27.8 Å². The van der Waals surface area contributed by atoms with Crippen molar-refractivity contribution < 1.29 is 18.9 Å². The van der Waals surface area contributed by atoms with Crippen LogP contribution in [-0.4, -0.2) is 18.4 Å². The third-order valence-corrected chi connectivity index (χ3v) is 3.01. The van der Waals surface area contributed by atoms with Gasteiger partial charge in [-0.25, -0.2) is 4.57 Å². The molecule has 16 heavy (non-hydrogen) atoms. The van der Waals surface area contributed by atoms with Crippen LogP contribution >= 0.6 is 11.3 Å². The number of hydrogen-bond acceptors (Lipinski definition) is 5. The van der Waals surface area contributed by atoms with Crippen molar-refractivity contribution in [3.05, 3.63) is 11.1 Å². The standard InChI is InChI=1S/C10H14N2O3S/c1-3-15-9(14)5-8(13)4-7-6-16-10(11)12(7)2/h6,11H,3-5H2,1-2H3/p+1. The number of esters is 1. The van der Waals surface area contributed by atoms with Crippen LogP contribution in [0.5, 0.6) is 0 Å². The van der Waals surface area contributed by atoms with Crippen LogP contribution in [0, 0.1) is 0 Å². The summed E-state index contributed by atoms with van der Waals surface area (Å²) in [6.07, 6.45) is 0.0343. The SMILES string of the molecule is CCOC(=O)CC(=O)Cc1csc(N)[n+]1C. The van der Waals surface area contributed by atoms with E-state index in [2.05, 4.69) is 0 Å². The number of nitrogens with zero attached hydrogens (tertiary/aromatic N) is 1. The van der Waals surface area contributed by atoms with Crippen molar-refractivity contribution in [3.8, 4) is 0 Å². The Morgan fingerprint density at radius 3 is 2.75 bits per heavy atom. The summed E-state index contributed by atoms with van der Waals surface area (Å²) in [4.78, 5) is 22.6. The summed E-state index contributed by atoms with van der Waals surface area (Å²) in [6, 6.07) is 0. The molecular weight excluding hydrogens is 228 g/mol. The van der Waals surface area contributed by atoms with Gasteiger partial charge in [0.15, 0.2) is 5.78 Å². The lowest BCUT2D eigenvalue weighted by atomic mass is 10.2. The second-order valence-electron chi connectivity index (χ2n) is 3.32. The van der Waals surface area contributed by atoms with E-state index in [0.29, 0.717) is 11.7 Å². The number of rotatable bonds is 5. The van der Waals surface area contributed by atoms with Gasteiger partial charge in [0.1, 0.15) is 12.1 Å². The van der Waals surface area contributed by atoms with Crippen molar-refractivity contribution in [1.82, 2.24) is 0 Å². The van der Waals surface area contributed by atoms with Crippen molar-refractivity contribution in [1.29, 1.82) is 0 Å². The fourth-order valence-corrected chi connectivity index (χ4v) is 2.00. The van der Waals surface area contributed by atoms with E-state index in [0.717, 1.165) is 5.69 Å². The molecule has 0 atom stereocenters. The summed E-state index contributed by atoms with van der Waals surface area (Å²) in [5.41, 5.74) is 6.46. The minimum Gasteiger partial charge on any atom is -0.466 e. The Labute approximate surface area is 97.8 Å². The highest BCUT2D eigenvalue weighted by molar-refractivity contribution is 7.13. The minimum atomic E-state index is -0.474. The number of aromatic nitrogens is 1. The van der Waals surface area contributed by atoms with Gasteiger partial charge in [0.2, 0.25) is 0 Å². The number of anilines is 1. The molecule has 5 nitrogen and oxygen atoms in total. The van der Waals surface area contributed by atoms with Crippen molar-refractivity contribution in [2.75, 3.05) is 12.3 Å². The number of nitrogen functional groups attached to an aromatic ring is 1. The highest BCUT2D eigenvalue weighted by Gasteiger charge is 2.16. The zero-order valence-corrected chi connectivity index (χ0v) is 10.2. The number of ketones is 1. The first kappa shape index (κ1) is 12.6. The second kappa shape index (κ2) is 5.60. The normalized spacial score (nSPS) is 10.1. The Morgan fingerprint density at radius 1 is 1.56 bits per heavy atom. The van der Waals surface area contributed by atoms with Gasteiger partial charge in [-0.1, -0.05) is 11.3 Å². The lowest BCUT2D eigenvalue weighted by Crippen LogP contribution is -2.34. The third-order valence-electron chi connectivity index (χ3n) is 2.10. The molecule has 6 heteroatoms. The Hall–Kier alpha value is -1.43. The van der Waals surface area contributed by atoms with E-state index in [1.165, 1.54) is 11.3 Å². The van der Waals surface area contributed by atoms with Gasteiger partial charge in [0, 0.05) is 5.38 Å². The monoisotopic (exact) mass is 243 g/mol. The van der Waals surface area contributed by atoms with E-state index in [-0.39, 0.29) is 18.6 Å². The molecule has 0 spiro atoms. The number of hydrogen-bond donors (Lipinski definition) is 1. The summed E-state index contributed by atoms with van der Waals surface area (Å²) in [5.74, 6) is -0.634. The molecule has 0 fully saturated rings. The summed E-state index contributed by atoms with van der Waals surface area (Å²) in [7, 11) is 1.79. The summed E-state index contributed by atoms with van der Waals surface area (Å²) in [6.45, 7) is 2.01. The number of nitrogens with two attached hydrogens (primary N) is 1. The Balaban J connectivity index is 2.52. The van der Waals surface area contributed by atoms with Gasteiger partial charge in [-0.05, 0) is 6.92 Å². The number of thiazole rings is 1. The maximum absolute atomic E-state index is 11.5. The molecular formula is C10H15N2O3S+. The van der Waals surface area contributed by atoms with Crippen LogP contribution in [0.15, 0.2) is 5.38 Å². The molecule has 0 saturated carbocycles. The van der Waals surface area contributed by atoms with E-state index in [1.54, 1.807) is 18.5 Å². The first-order valence-electron chi connectivity index (χ1n) is 4.93. The third kappa shape index (κ3) is 3.30. The van der Waals surface area contributed by atoms with Gasteiger partial charge in [-0.3, -0.25) is 15.3 Å². The summed E-state index contributed by atoms with van der Waals surface area (Å²) >= 11 is 1.37. The molecule has 1 aromatic heterocycles. The maximum atomic E-state index is 11.5. The van der Waals surface area contributed by atoms with Crippen molar-refractivity contribution in [2.24, 2.45) is 7.05 Å². The average molecular weight is 243 g/mol. The van der Waals surface area contributed by atoms with Crippen molar-refractivity contribution in [2.45, 2.75) is 19.8 Å². The van der Waals surface area contributed by atoms with Gasteiger partial charge >= 0.3 is 11.1 Å². The van der Waals surface area contributed by atoms with Gasteiger partial charge in [0.05, 0.1) is 20.1 Å². The Kier molecular flexibility index (Phi) is 4.42. The Morgan fingerprint density at radius 2 is 2.25 bits per heavy atom. The summed E-state index contributed by atoms with van der Waals surface area (Å²) < 4.78 is 6.44. The van der Waals surface area contributed by atoms with E-state index in [9.17, 15) is 9.59 Å². The van der Waals surface area contributed by atoms with Gasteiger partial charge in [-0.15, -0.1) is 0 Å². The first-order valence-corrected chi connectivity index (χ1v) is 5.81. The molecule has 0 aliphatic rings. The zero-order chi connectivity index (χ0) is 12.1. The molecule has 1 rings (SSSR count). The lowest BCUT2D eigenvalue weighted by Gasteiger charge is -2.00. The zero-order valence-electron chi connectivity index (χ0n) is 9.36. The van der Waals surface area contributed by atoms with Crippen LogP contribution in [0.1, 0.15) is 19.0 Å². The minimum absolute atomic E-state index is 0.160. The fourth-order valence-electron chi connectivity index (χ4n) is 1.23. The smallest absolute Gasteiger partial charge is 0.331 e. The fraction of sp³-hybridized carbons (Fsp3) is 0.500. The molecule has 0 aliphatic heterocycles. The van der Waals surface area contributed by atoms with E-state index in [4.69, 9.17) is 10.5 Å². The second-order valence-corrected chi connectivity index (χ2v) is 4.21. The van der Waals surface area contributed by atoms with Crippen molar-refractivity contribution in [3.63, 3.8) is 0 Å². The molecule has 0 bridgehead atoms. The predicted molar refractivity (Wildman–Crippen MR) is 59.9 cm³/mol. The van der Waals surface area contributed by atoms with Gasteiger partial charge < -0.3 is 4.74 Å². The van der Waals surface area contributed by atoms with Gasteiger partial charge in [-0.2, -0.15) is 0 Å². The highest BCUT2D eigenvalue weighted by atomic mass is 32.1. The molecule has 0 aromatic carbocycles. The number of carbonyl (C=O) groups excluding carboxylic acids is 2. The van der Waals surface area contributed by atoms with Crippen LogP contribution in [0.4, 0.5) is 5.13 Å². The van der Waals surface area contributed by atoms with E-state index >= 15 is 0 Å². The molecule has 2 N–H and O–H groups in total. The Bertz CT molecular complexity index is 401. The highest BCUT2D eigenvalue weighted by Crippen LogP contribution is 2.09. The maximum Gasteiger partial charge on any atom is 0.331 e. The topological polar surface area (TPSA) is 73.3 Å². The van der Waals surface area contributed by atoms with Gasteiger partial charge in [0.25, 0.3) is 0 Å². The molecule has 0 aliphatic carbocycles. The van der Waals surface area contributed by atoms with Crippen LogP contribution in [0.25, 0.3) is 0 Å². The summed E-state index contributed by atoms with van der Waals surface area (Å²) in [5, 5.41) is 2.46. The quantitative estimate of drug-likeness (QED) is 0.456. The molecule has 0 radical (unpaired) electrons. The van der Waals surface area contributed by atoms with Crippen LogP contribution in [0.3, 0.4) is 0 Å².